The molecule has 1 N–H and O–H groups in total. The second kappa shape index (κ2) is 6.47. The van der Waals surface area contributed by atoms with Gasteiger partial charge in [0.25, 0.3) is 5.91 Å². The molecule has 0 aliphatic carbocycles. The minimum atomic E-state index is -0.790. The second-order valence-corrected chi connectivity index (χ2v) is 5.94. The van der Waals surface area contributed by atoms with Crippen molar-refractivity contribution in [2.75, 3.05) is 13.1 Å². The number of carbonyl (C=O) groups is 2. The Kier molecular flexibility index (Phi) is 4.88. The Labute approximate surface area is 128 Å². The fourth-order valence-electron chi connectivity index (χ4n) is 2.68. The first-order valence-corrected chi connectivity index (χ1v) is 7.48. The van der Waals surface area contributed by atoms with Gasteiger partial charge in [0.2, 0.25) is 0 Å². The third kappa shape index (κ3) is 3.56. The first-order valence-electron chi connectivity index (χ1n) is 7.10. The Morgan fingerprint density at radius 3 is 2.76 bits per heavy atom. The summed E-state index contributed by atoms with van der Waals surface area (Å²) in [7, 11) is 1.75. The SMILES string of the molecule is Cc1c(Cl)c(C(=O)N2CCCC(CCC(=O)O)C2)nn1C. The molecular formula is C14H20ClN3O3. The average molecular weight is 314 g/mol. The van der Waals surface area contributed by atoms with Crippen LogP contribution in [0.5, 0.6) is 0 Å². The van der Waals surface area contributed by atoms with Crippen LogP contribution in [0, 0.1) is 12.8 Å². The van der Waals surface area contributed by atoms with E-state index in [0.717, 1.165) is 18.5 Å². The molecule has 1 aromatic rings. The standard InChI is InChI=1S/C14H20ClN3O3/c1-9-12(15)13(16-17(9)2)14(21)18-7-3-4-10(8-18)5-6-11(19)20/h10H,3-8H2,1-2H3,(H,19,20). The molecule has 0 saturated carbocycles. The van der Waals surface area contributed by atoms with Crippen molar-refractivity contribution in [2.45, 2.75) is 32.6 Å². The van der Waals surface area contributed by atoms with Crippen LogP contribution in [0.15, 0.2) is 0 Å². The third-order valence-electron chi connectivity index (χ3n) is 4.04. The van der Waals surface area contributed by atoms with Crippen LogP contribution in [0.25, 0.3) is 0 Å². The molecule has 1 aliphatic rings. The summed E-state index contributed by atoms with van der Waals surface area (Å²) in [5, 5.41) is 13.3. The quantitative estimate of drug-likeness (QED) is 0.923. The molecule has 1 fully saturated rings. The van der Waals surface area contributed by atoms with E-state index in [9.17, 15) is 9.59 Å². The number of aromatic nitrogens is 2. The van der Waals surface area contributed by atoms with Crippen LogP contribution < -0.4 is 0 Å². The molecule has 2 heterocycles. The monoisotopic (exact) mass is 313 g/mol. The number of rotatable bonds is 4. The lowest BCUT2D eigenvalue weighted by Crippen LogP contribution is -2.40. The lowest BCUT2D eigenvalue weighted by molar-refractivity contribution is -0.137. The highest BCUT2D eigenvalue weighted by Crippen LogP contribution is 2.25. The largest absolute Gasteiger partial charge is 0.481 e. The Morgan fingerprint density at radius 1 is 1.48 bits per heavy atom. The smallest absolute Gasteiger partial charge is 0.303 e. The lowest BCUT2D eigenvalue weighted by Gasteiger charge is -2.32. The maximum Gasteiger partial charge on any atom is 0.303 e. The number of aliphatic carboxylic acids is 1. The maximum atomic E-state index is 12.5. The molecule has 1 aliphatic heterocycles. The van der Waals surface area contributed by atoms with E-state index in [0.29, 0.717) is 24.5 Å². The lowest BCUT2D eigenvalue weighted by atomic mass is 9.93. The number of hydrogen-bond donors (Lipinski definition) is 1. The van der Waals surface area contributed by atoms with Crippen molar-refractivity contribution in [1.29, 1.82) is 0 Å². The van der Waals surface area contributed by atoms with E-state index in [1.54, 1.807) is 16.6 Å². The van der Waals surface area contributed by atoms with E-state index in [4.69, 9.17) is 16.7 Å². The topological polar surface area (TPSA) is 75.4 Å². The molecule has 1 amide bonds. The van der Waals surface area contributed by atoms with Gasteiger partial charge in [-0.2, -0.15) is 5.10 Å². The molecule has 2 rings (SSSR count). The van der Waals surface area contributed by atoms with Crippen LogP contribution in [-0.2, 0) is 11.8 Å². The normalized spacial score (nSPS) is 18.8. The zero-order valence-corrected chi connectivity index (χ0v) is 13.1. The summed E-state index contributed by atoms with van der Waals surface area (Å²) in [6.45, 7) is 3.07. The Bertz CT molecular complexity index is 556. The molecular weight excluding hydrogens is 294 g/mol. The molecule has 21 heavy (non-hydrogen) atoms. The minimum absolute atomic E-state index is 0.149. The number of piperidine rings is 1. The highest BCUT2D eigenvalue weighted by atomic mass is 35.5. The van der Waals surface area contributed by atoms with Gasteiger partial charge in [0.15, 0.2) is 5.69 Å². The van der Waals surface area contributed by atoms with Crippen LogP contribution in [-0.4, -0.2) is 44.8 Å². The maximum absolute atomic E-state index is 12.5. The summed E-state index contributed by atoms with van der Waals surface area (Å²) in [6.07, 6.45) is 2.61. The van der Waals surface area contributed by atoms with Gasteiger partial charge in [-0.05, 0) is 32.1 Å². The summed E-state index contributed by atoms with van der Waals surface area (Å²) in [6, 6.07) is 0. The van der Waals surface area contributed by atoms with Crippen LogP contribution in [0.2, 0.25) is 5.02 Å². The third-order valence-corrected chi connectivity index (χ3v) is 4.49. The molecule has 1 aromatic heterocycles. The van der Waals surface area contributed by atoms with E-state index in [1.165, 1.54) is 0 Å². The summed E-state index contributed by atoms with van der Waals surface area (Å²) in [5.74, 6) is -0.715. The molecule has 0 radical (unpaired) electrons. The molecule has 7 heteroatoms. The van der Waals surface area contributed by atoms with E-state index in [-0.39, 0.29) is 23.9 Å². The summed E-state index contributed by atoms with van der Waals surface area (Å²) in [5.41, 5.74) is 1.05. The van der Waals surface area contributed by atoms with Gasteiger partial charge in [-0.1, -0.05) is 11.6 Å². The van der Waals surface area contributed by atoms with Crippen molar-refractivity contribution in [1.82, 2.24) is 14.7 Å². The van der Waals surface area contributed by atoms with Gasteiger partial charge in [0, 0.05) is 26.6 Å². The molecule has 1 atom stereocenters. The van der Waals surface area contributed by atoms with Gasteiger partial charge >= 0.3 is 5.97 Å². The number of amides is 1. The highest BCUT2D eigenvalue weighted by Gasteiger charge is 2.28. The van der Waals surface area contributed by atoms with Crippen LogP contribution >= 0.6 is 11.6 Å². The molecule has 6 nitrogen and oxygen atoms in total. The number of likely N-dealkylation sites (tertiary alicyclic amines) is 1. The van der Waals surface area contributed by atoms with Crippen molar-refractivity contribution in [3.63, 3.8) is 0 Å². The first-order chi connectivity index (χ1) is 9.90. The Hall–Kier alpha value is -1.56. The molecule has 0 aromatic carbocycles. The minimum Gasteiger partial charge on any atom is -0.481 e. The number of nitrogens with zero attached hydrogens (tertiary/aromatic N) is 3. The summed E-state index contributed by atoms with van der Waals surface area (Å²) in [4.78, 5) is 24.9. The van der Waals surface area contributed by atoms with Gasteiger partial charge in [0.1, 0.15) is 0 Å². The summed E-state index contributed by atoms with van der Waals surface area (Å²) >= 11 is 6.16. The van der Waals surface area contributed by atoms with Crippen LogP contribution in [0.4, 0.5) is 0 Å². The van der Waals surface area contributed by atoms with Crippen molar-refractivity contribution in [3.8, 4) is 0 Å². The number of halogens is 1. The highest BCUT2D eigenvalue weighted by molar-refractivity contribution is 6.34. The zero-order valence-electron chi connectivity index (χ0n) is 12.3. The number of carbonyl (C=O) groups excluding carboxylic acids is 1. The van der Waals surface area contributed by atoms with E-state index >= 15 is 0 Å². The van der Waals surface area contributed by atoms with Crippen LogP contribution in [0.1, 0.15) is 41.9 Å². The van der Waals surface area contributed by atoms with Gasteiger partial charge in [-0.15, -0.1) is 0 Å². The van der Waals surface area contributed by atoms with Gasteiger partial charge < -0.3 is 10.0 Å². The van der Waals surface area contributed by atoms with Gasteiger partial charge in [0.05, 0.1) is 10.7 Å². The number of carboxylic acid groups (broad SMARTS) is 1. The predicted molar refractivity (Wildman–Crippen MR) is 78.5 cm³/mol. The average Bonchev–Trinajstić information content (AvgIpc) is 2.72. The molecule has 0 spiro atoms. The van der Waals surface area contributed by atoms with E-state index < -0.39 is 5.97 Å². The molecule has 1 unspecified atom stereocenters. The van der Waals surface area contributed by atoms with Gasteiger partial charge in [-0.25, -0.2) is 0 Å². The van der Waals surface area contributed by atoms with E-state index in [1.807, 2.05) is 6.92 Å². The van der Waals surface area contributed by atoms with Crippen LogP contribution in [0.3, 0.4) is 0 Å². The Morgan fingerprint density at radius 2 is 2.19 bits per heavy atom. The number of carboxylic acids is 1. The number of hydrogen-bond acceptors (Lipinski definition) is 3. The van der Waals surface area contributed by atoms with Crippen molar-refractivity contribution < 1.29 is 14.7 Å². The predicted octanol–water partition coefficient (Wildman–Crippen LogP) is 2.10. The molecule has 1 saturated heterocycles. The van der Waals surface area contributed by atoms with Crippen molar-refractivity contribution in [3.05, 3.63) is 16.4 Å². The Balaban J connectivity index is 2.05. The fourth-order valence-corrected chi connectivity index (χ4v) is 2.92. The molecule has 0 bridgehead atoms. The number of aryl methyl sites for hydroxylation is 1. The molecule has 116 valence electrons. The first kappa shape index (κ1) is 15.8. The van der Waals surface area contributed by atoms with Crippen molar-refractivity contribution in [2.24, 2.45) is 13.0 Å². The zero-order chi connectivity index (χ0) is 15.6. The van der Waals surface area contributed by atoms with Crippen molar-refractivity contribution >= 4 is 23.5 Å². The van der Waals surface area contributed by atoms with Gasteiger partial charge in [-0.3, -0.25) is 14.3 Å². The fraction of sp³-hybridized carbons (Fsp3) is 0.643. The second-order valence-electron chi connectivity index (χ2n) is 5.56. The van der Waals surface area contributed by atoms with E-state index in [2.05, 4.69) is 5.10 Å². The summed E-state index contributed by atoms with van der Waals surface area (Å²) < 4.78 is 1.60.